The van der Waals surface area contributed by atoms with Gasteiger partial charge in [0.1, 0.15) is 12.5 Å². The molecule has 0 saturated heterocycles. The van der Waals surface area contributed by atoms with Crippen LogP contribution in [0.3, 0.4) is 0 Å². The number of carbonyl (C=O) groups is 2. The fourth-order valence-electron chi connectivity index (χ4n) is 3.82. The lowest BCUT2D eigenvalue weighted by Crippen LogP contribution is -2.35. The van der Waals surface area contributed by atoms with Gasteiger partial charge in [0.25, 0.3) is 5.69 Å². The number of hydrogen-bond acceptors (Lipinski definition) is 6. The molecule has 8 nitrogen and oxygen atoms in total. The van der Waals surface area contributed by atoms with E-state index in [1.54, 1.807) is 25.1 Å². The third-order valence-electron chi connectivity index (χ3n) is 5.20. The molecule has 2 aromatic carbocycles. The quantitative estimate of drug-likeness (QED) is 0.392. The number of nitro groups is 1. The molecular weight excluding hydrogens is 412 g/mol. The van der Waals surface area contributed by atoms with E-state index in [9.17, 15) is 24.8 Å². The van der Waals surface area contributed by atoms with Crippen LogP contribution in [-0.4, -0.2) is 34.3 Å². The molecule has 1 aliphatic rings. The third kappa shape index (κ3) is 4.80. The molecule has 1 aliphatic heterocycles. The van der Waals surface area contributed by atoms with Crippen LogP contribution < -0.4 is 0 Å². The maximum absolute atomic E-state index is 13.0. The highest BCUT2D eigenvalue weighted by Gasteiger charge is 2.44. The lowest BCUT2D eigenvalue weighted by atomic mass is 9.75. The maximum atomic E-state index is 13.0. The molecule has 0 saturated carbocycles. The highest BCUT2D eigenvalue weighted by Crippen LogP contribution is 2.42. The Labute approximate surface area is 184 Å². The molecule has 1 heterocycles. The van der Waals surface area contributed by atoms with E-state index in [0.29, 0.717) is 0 Å². The van der Waals surface area contributed by atoms with Crippen molar-refractivity contribution in [2.75, 3.05) is 6.61 Å². The number of esters is 1. The van der Waals surface area contributed by atoms with Gasteiger partial charge in [-0.2, -0.15) is 0 Å². The Morgan fingerprint density at radius 3 is 2.44 bits per heavy atom. The SMILES string of the molecule is CC1=NC(C)=C(C(=O)OCC=Cc2ccccc2)C(c2ccccc2[N+](=O)[O-])C1C(=O)O. The molecular formula is C24H22N2O6. The summed E-state index contributed by atoms with van der Waals surface area (Å²) in [7, 11) is 0. The lowest BCUT2D eigenvalue weighted by molar-refractivity contribution is -0.385. The minimum atomic E-state index is -1.23. The molecule has 164 valence electrons. The summed E-state index contributed by atoms with van der Waals surface area (Å²) in [6.45, 7) is 3.06. The summed E-state index contributed by atoms with van der Waals surface area (Å²) < 4.78 is 5.37. The van der Waals surface area contributed by atoms with E-state index >= 15 is 0 Å². The molecule has 0 aliphatic carbocycles. The fraction of sp³-hybridized carbons (Fsp3) is 0.208. The summed E-state index contributed by atoms with van der Waals surface area (Å²) in [6, 6.07) is 15.3. The molecule has 0 spiro atoms. The van der Waals surface area contributed by atoms with Crippen molar-refractivity contribution in [3.63, 3.8) is 0 Å². The van der Waals surface area contributed by atoms with E-state index in [2.05, 4.69) is 4.99 Å². The Balaban J connectivity index is 1.96. The lowest BCUT2D eigenvalue weighted by Gasteiger charge is -2.30. The van der Waals surface area contributed by atoms with Gasteiger partial charge in [-0.05, 0) is 25.5 Å². The molecule has 8 heteroatoms. The van der Waals surface area contributed by atoms with Gasteiger partial charge in [-0.15, -0.1) is 0 Å². The van der Waals surface area contributed by atoms with Gasteiger partial charge in [0.15, 0.2) is 0 Å². The molecule has 1 N–H and O–H groups in total. The zero-order valence-corrected chi connectivity index (χ0v) is 17.6. The number of benzene rings is 2. The van der Waals surface area contributed by atoms with Gasteiger partial charge in [-0.25, -0.2) is 4.79 Å². The van der Waals surface area contributed by atoms with E-state index in [0.717, 1.165) is 5.56 Å². The first-order valence-electron chi connectivity index (χ1n) is 9.92. The summed E-state index contributed by atoms with van der Waals surface area (Å²) in [5.41, 5.74) is 1.34. The highest BCUT2D eigenvalue weighted by molar-refractivity contribution is 6.06. The summed E-state index contributed by atoms with van der Waals surface area (Å²) in [4.78, 5) is 40.4. The Kier molecular flexibility index (Phi) is 6.94. The molecule has 2 aromatic rings. The standard InChI is InChI=1S/C24H22N2O6/c1-15-20(23(27)28)22(18-12-6-7-13-19(18)26(30)31)21(16(2)25-15)24(29)32-14-8-11-17-9-4-3-5-10-17/h3-13,20,22H,14H2,1-2H3,(H,27,28). The van der Waals surface area contributed by atoms with Crippen LogP contribution in [0.5, 0.6) is 0 Å². The van der Waals surface area contributed by atoms with E-state index in [-0.39, 0.29) is 34.8 Å². The number of carboxylic acids is 1. The third-order valence-corrected chi connectivity index (χ3v) is 5.20. The van der Waals surface area contributed by atoms with Crippen LogP contribution in [0.1, 0.15) is 30.9 Å². The minimum absolute atomic E-state index is 0.00501. The van der Waals surface area contributed by atoms with E-state index in [4.69, 9.17) is 4.74 Å². The Morgan fingerprint density at radius 1 is 1.12 bits per heavy atom. The number of allylic oxidation sites excluding steroid dienone is 1. The molecule has 2 unspecified atom stereocenters. The maximum Gasteiger partial charge on any atom is 0.336 e. The van der Waals surface area contributed by atoms with Crippen LogP contribution in [0.4, 0.5) is 5.69 Å². The molecule has 0 radical (unpaired) electrons. The highest BCUT2D eigenvalue weighted by atomic mass is 16.6. The van der Waals surface area contributed by atoms with E-state index in [1.807, 2.05) is 30.3 Å². The second-order valence-electron chi connectivity index (χ2n) is 7.27. The average molecular weight is 434 g/mol. The number of carboxylic acid groups (broad SMARTS) is 1. The number of carbonyl (C=O) groups excluding carboxylic acids is 1. The van der Waals surface area contributed by atoms with Crippen LogP contribution in [0.15, 0.2) is 76.9 Å². The van der Waals surface area contributed by atoms with Gasteiger partial charge in [-0.1, -0.05) is 54.6 Å². The number of ether oxygens (including phenoxy) is 1. The van der Waals surface area contributed by atoms with Crippen LogP contribution in [0, 0.1) is 16.0 Å². The number of nitro benzene ring substituents is 1. The summed E-state index contributed by atoms with van der Waals surface area (Å²) >= 11 is 0. The van der Waals surface area contributed by atoms with Crippen molar-refractivity contribution in [2.24, 2.45) is 10.9 Å². The van der Waals surface area contributed by atoms with Crippen molar-refractivity contribution in [2.45, 2.75) is 19.8 Å². The number of para-hydroxylation sites is 1. The van der Waals surface area contributed by atoms with Crippen molar-refractivity contribution in [1.29, 1.82) is 0 Å². The van der Waals surface area contributed by atoms with Crippen molar-refractivity contribution in [3.05, 3.63) is 93.2 Å². The first kappa shape index (κ1) is 22.6. The topological polar surface area (TPSA) is 119 Å². The number of aliphatic imine (C=N–C) groups is 1. The molecule has 0 aromatic heterocycles. The van der Waals surface area contributed by atoms with Gasteiger partial charge >= 0.3 is 11.9 Å². The fourth-order valence-corrected chi connectivity index (χ4v) is 3.82. The van der Waals surface area contributed by atoms with Crippen molar-refractivity contribution in [3.8, 4) is 0 Å². The monoisotopic (exact) mass is 434 g/mol. The largest absolute Gasteiger partial charge is 0.481 e. The number of hydrogen-bond donors (Lipinski definition) is 1. The molecule has 3 rings (SSSR count). The van der Waals surface area contributed by atoms with Crippen LogP contribution in [0.2, 0.25) is 0 Å². The van der Waals surface area contributed by atoms with Crippen molar-refractivity contribution < 1.29 is 24.4 Å². The Morgan fingerprint density at radius 2 is 1.78 bits per heavy atom. The summed E-state index contributed by atoms with van der Waals surface area (Å²) in [5, 5.41) is 21.5. The van der Waals surface area contributed by atoms with Gasteiger partial charge in [0.2, 0.25) is 0 Å². The predicted octanol–water partition coefficient (Wildman–Crippen LogP) is 4.38. The number of nitrogens with zero attached hydrogens (tertiary/aromatic N) is 2. The van der Waals surface area contributed by atoms with Crippen LogP contribution >= 0.6 is 0 Å². The number of rotatable bonds is 7. The summed E-state index contributed by atoms with van der Waals surface area (Å²) in [6.07, 6.45) is 3.45. The van der Waals surface area contributed by atoms with Crippen LogP contribution in [0.25, 0.3) is 6.08 Å². The minimum Gasteiger partial charge on any atom is -0.481 e. The Hall–Kier alpha value is -4.07. The first-order chi connectivity index (χ1) is 15.3. The van der Waals surface area contributed by atoms with E-state index in [1.165, 1.54) is 25.1 Å². The number of aliphatic carboxylic acids is 1. The average Bonchev–Trinajstić information content (AvgIpc) is 2.76. The molecule has 32 heavy (non-hydrogen) atoms. The van der Waals surface area contributed by atoms with Gasteiger partial charge in [-0.3, -0.25) is 19.9 Å². The molecule has 2 atom stereocenters. The molecule has 0 fully saturated rings. The smallest absolute Gasteiger partial charge is 0.336 e. The zero-order chi connectivity index (χ0) is 23.3. The van der Waals surface area contributed by atoms with Crippen LogP contribution in [-0.2, 0) is 14.3 Å². The van der Waals surface area contributed by atoms with E-state index < -0.39 is 28.7 Å². The zero-order valence-electron chi connectivity index (χ0n) is 17.6. The predicted molar refractivity (Wildman–Crippen MR) is 119 cm³/mol. The van der Waals surface area contributed by atoms with Gasteiger partial charge in [0, 0.05) is 29.0 Å². The van der Waals surface area contributed by atoms with Gasteiger partial charge < -0.3 is 9.84 Å². The Bertz CT molecular complexity index is 1130. The van der Waals surface area contributed by atoms with Gasteiger partial charge in [0.05, 0.1) is 10.5 Å². The first-order valence-corrected chi connectivity index (χ1v) is 9.92. The second-order valence-corrected chi connectivity index (χ2v) is 7.27. The summed E-state index contributed by atoms with van der Waals surface area (Å²) in [5.74, 6) is -4.32. The second kappa shape index (κ2) is 9.82. The molecule has 0 amide bonds. The van der Waals surface area contributed by atoms with Crippen molar-refractivity contribution >= 4 is 29.4 Å². The molecule has 0 bridgehead atoms. The normalized spacial score (nSPS) is 18.4. The van der Waals surface area contributed by atoms with Crippen molar-refractivity contribution in [1.82, 2.24) is 0 Å².